The predicted octanol–water partition coefficient (Wildman–Crippen LogP) is 1.41. The Balaban J connectivity index is 2.02. The van der Waals surface area contributed by atoms with E-state index in [1.165, 1.54) is 0 Å². The summed E-state index contributed by atoms with van der Waals surface area (Å²) >= 11 is 0. The second kappa shape index (κ2) is 3.47. The molecule has 3 heteroatoms. The molecule has 0 radical (unpaired) electrons. The van der Waals surface area contributed by atoms with Gasteiger partial charge in [-0.1, -0.05) is 18.2 Å². The monoisotopic (exact) mass is 177 g/mol. The van der Waals surface area contributed by atoms with Gasteiger partial charge in [0, 0.05) is 12.1 Å². The highest BCUT2D eigenvalue weighted by molar-refractivity contribution is 5.80. The molecule has 0 spiro atoms. The van der Waals surface area contributed by atoms with Crippen molar-refractivity contribution >= 4 is 11.7 Å². The molecule has 1 heterocycles. The number of ether oxygens (including phenoxy) is 1. The first kappa shape index (κ1) is 8.10. The van der Waals surface area contributed by atoms with Crippen LogP contribution in [0.1, 0.15) is 6.42 Å². The highest BCUT2D eigenvalue weighted by Crippen LogP contribution is 2.13. The van der Waals surface area contributed by atoms with Crippen molar-refractivity contribution in [2.24, 2.45) is 0 Å². The minimum Gasteiger partial charge on any atom is -0.464 e. The van der Waals surface area contributed by atoms with Gasteiger partial charge in [0.05, 0.1) is 6.61 Å². The number of carbonyl (C=O) groups excluding carboxylic acids is 1. The van der Waals surface area contributed by atoms with Crippen molar-refractivity contribution in [2.45, 2.75) is 12.5 Å². The van der Waals surface area contributed by atoms with Crippen molar-refractivity contribution in [3.05, 3.63) is 30.3 Å². The van der Waals surface area contributed by atoms with Crippen molar-refractivity contribution in [1.29, 1.82) is 0 Å². The molecule has 1 N–H and O–H groups in total. The van der Waals surface area contributed by atoms with Crippen LogP contribution in [0.5, 0.6) is 0 Å². The lowest BCUT2D eigenvalue weighted by molar-refractivity contribution is -0.138. The number of cyclic esters (lactones) is 1. The van der Waals surface area contributed by atoms with Crippen LogP contribution < -0.4 is 5.32 Å². The molecule has 1 saturated heterocycles. The summed E-state index contributed by atoms with van der Waals surface area (Å²) in [4.78, 5) is 11.1. The van der Waals surface area contributed by atoms with Crippen molar-refractivity contribution in [2.75, 3.05) is 11.9 Å². The summed E-state index contributed by atoms with van der Waals surface area (Å²) in [5.74, 6) is -0.149. The summed E-state index contributed by atoms with van der Waals surface area (Å²) in [5.41, 5.74) is 0.964. The zero-order valence-corrected chi connectivity index (χ0v) is 7.19. The van der Waals surface area contributed by atoms with Crippen LogP contribution in [0, 0.1) is 0 Å². The van der Waals surface area contributed by atoms with Crippen LogP contribution >= 0.6 is 0 Å². The van der Waals surface area contributed by atoms with E-state index in [-0.39, 0.29) is 12.0 Å². The molecule has 0 aliphatic carbocycles. The molecule has 0 aromatic heterocycles. The Morgan fingerprint density at radius 2 is 2.08 bits per heavy atom. The fourth-order valence-electron chi connectivity index (χ4n) is 1.36. The minimum absolute atomic E-state index is 0.149. The summed E-state index contributed by atoms with van der Waals surface area (Å²) in [6, 6.07) is 9.52. The topological polar surface area (TPSA) is 38.3 Å². The molecule has 13 heavy (non-hydrogen) atoms. The number of esters is 1. The molecular weight excluding hydrogens is 166 g/mol. The Kier molecular flexibility index (Phi) is 2.17. The quantitative estimate of drug-likeness (QED) is 0.694. The van der Waals surface area contributed by atoms with Gasteiger partial charge in [-0.2, -0.15) is 0 Å². The SMILES string of the molecule is O=C1OCCC1Nc1ccccc1. The lowest BCUT2D eigenvalue weighted by Gasteiger charge is -2.09. The summed E-state index contributed by atoms with van der Waals surface area (Å²) < 4.78 is 4.84. The third kappa shape index (κ3) is 1.80. The average molecular weight is 177 g/mol. The van der Waals surface area contributed by atoms with Gasteiger partial charge in [0.2, 0.25) is 0 Å². The molecule has 2 rings (SSSR count). The molecule has 3 nitrogen and oxygen atoms in total. The van der Waals surface area contributed by atoms with Gasteiger partial charge >= 0.3 is 5.97 Å². The van der Waals surface area contributed by atoms with Crippen LogP contribution in [0.4, 0.5) is 5.69 Å². The van der Waals surface area contributed by atoms with Crippen molar-refractivity contribution in [3.63, 3.8) is 0 Å². The van der Waals surface area contributed by atoms with Crippen molar-refractivity contribution in [1.82, 2.24) is 0 Å². The van der Waals surface area contributed by atoms with Crippen molar-refractivity contribution in [3.8, 4) is 0 Å². The number of benzene rings is 1. The average Bonchev–Trinajstić information content (AvgIpc) is 2.54. The number of anilines is 1. The van der Waals surface area contributed by atoms with Crippen molar-refractivity contribution < 1.29 is 9.53 Å². The maximum Gasteiger partial charge on any atom is 0.328 e. The molecular formula is C10H11NO2. The lowest BCUT2D eigenvalue weighted by atomic mass is 10.2. The summed E-state index contributed by atoms with van der Waals surface area (Å²) in [6.45, 7) is 0.531. The molecule has 1 aliphatic heterocycles. The molecule has 1 aromatic carbocycles. The van der Waals surface area contributed by atoms with Gasteiger partial charge in [0.25, 0.3) is 0 Å². The zero-order valence-electron chi connectivity index (χ0n) is 7.19. The number of rotatable bonds is 2. The van der Waals surface area contributed by atoms with Crippen LogP contribution in [-0.2, 0) is 9.53 Å². The Labute approximate surface area is 76.7 Å². The number of carbonyl (C=O) groups is 1. The molecule has 0 amide bonds. The van der Waals surface area contributed by atoms with Crippen LogP contribution in [-0.4, -0.2) is 18.6 Å². The maximum atomic E-state index is 11.1. The molecule has 68 valence electrons. The van der Waals surface area contributed by atoms with E-state index in [0.29, 0.717) is 6.61 Å². The third-order valence-corrected chi connectivity index (χ3v) is 2.05. The first-order chi connectivity index (χ1) is 6.36. The van der Waals surface area contributed by atoms with Crippen LogP contribution in [0.15, 0.2) is 30.3 Å². The van der Waals surface area contributed by atoms with Gasteiger partial charge in [-0.15, -0.1) is 0 Å². The molecule has 1 atom stereocenters. The van der Waals surface area contributed by atoms with Crippen LogP contribution in [0.2, 0.25) is 0 Å². The third-order valence-electron chi connectivity index (χ3n) is 2.05. The fraction of sp³-hybridized carbons (Fsp3) is 0.300. The molecule has 1 unspecified atom stereocenters. The van der Waals surface area contributed by atoms with E-state index in [2.05, 4.69) is 5.32 Å². The summed E-state index contributed by atoms with van der Waals surface area (Å²) in [7, 11) is 0. The first-order valence-electron chi connectivity index (χ1n) is 4.34. The van der Waals surface area contributed by atoms with E-state index in [4.69, 9.17) is 4.74 Å². The van der Waals surface area contributed by atoms with Gasteiger partial charge < -0.3 is 10.1 Å². The van der Waals surface area contributed by atoms with E-state index in [1.54, 1.807) is 0 Å². The Bertz CT molecular complexity index is 297. The van der Waals surface area contributed by atoms with E-state index < -0.39 is 0 Å². The Morgan fingerprint density at radius 1 is 1.31 bits per heavy atom. The summed E-state index contributed by atoms with van der Waals surface area (Å²) in [5, 5.41) is 3.12. The van der Waals surface area contributed by atoms with Gasteiger partial charge in [0.15, 0.2) is 0 Å². The Morgan fingerprint density at radius 3 is 2.69 bits per heavy atom. The van der Waals surface area contributed by atoms with Gasteiger partial charge in [-0.25, -0.2) is 4.79 Å². The van der Waals surface area contributed by atoms with E-state index in [1.807, 2.05) is 30.3 Å². The fourth-order valence-corrected chi connectivity index (χ4v) is 1.36. The predicted molar refractivity (Wildman–Crippen MR) is 49.4 cm³/mol. The highest BCUT2D eigenvalue weighted by Gasteiger charge is 2.25. The number of hydrogen-bond acceptors (Lipinski definition) is 3. The van der Waals surface area contributed by atoms with Crippen LogP contribution in [0.3, 0.4) is 0 Å². The minimum atomic E-state index is -0.164. The normalized spacial score (nSPS) is 21.2. The molecule has 1 aromatic rings. The standard InChI is InChI=1S/C10H11NO2/c12-10-9(6-7-13-10)11-8-4-2-1-3-5-8/h1-5,9,11H,6-7H2. The second-order valence-electron chi connectivity index (χ2n) is 3.02. The molecule has 1 fully saturated rings. The van der Waals surface area contributed by atoms with Gasteiger partial charge in [-0.05, 0) is 12.1 Å². The molecule has 1 aliphatic rings. The lowest BCUT2D eigenvalue weighted by Crippen LogP contribution is -2.24. The first-order valence-corrected chi connectivity index (χ1v) is 4.34. The van der Waals surface area contributed by atoms with Crippen LogP contribution in [0.25, 0.3) is 0 Å². The van der Waals surface area contributed by atoms with E-state index >= 15 is 0 Å². The van der Waals surface area contributed by atoms with Gasteiger partial charge in [0.1, 0.15) is 6.04 Å². The number of hydrogen-bond donors (Lipinski definition) is 1. The zero-order chi connectivity index (χ0) is 9.10. The second-order valence-corrected chi connectivity index (χ2v) is 3.02. The number of nitrogens with one attached hydrogen (secondary N) is 1. The highest BCUT2D eigenvalue weighted by atomic mass is 16.5. The number of para-hydroxylation sites is 1. The largest absolute Gasteiger partial charge is 0.464 e. The van der Waals surface area contributed by atoms with Gasteiger partial charge in [-0.3, -0.25) is 0 Å². The Hall–Kier alpha value is -1.51. The molecule has 0 saturated carbocycles. The van der Waals surface area contributed by atoms with E-state index in [0.717, 1.165) is 12.1 Å². The van der Waals surface area contributed by atoms with E-state index in [9.17, 15) is 4.79 Å². The molecule has 0 bridgehead atoms. The smallest absolute Gasteiger partial charge is 0.328 e. The summed E-state index contributed by atoms with van der Waals surface area (Å²) in [6.07, 6.45) is 0.758. The maximum absolute atomic E-state index is 11.1.